The van der Waals surface area contributed by atoms with Crippen LogP contribution in [0.3, 0.4) is 0 Å². The van der Waals surface area contributed by atoms with Crippen LogP contribution in [0.4, 0.5) is 0 Å². The Bertz CT molecular complexity index is 487. The number of nitrogens with zero attached hydrogens (tertiary/aromatic N) is 2. The van der Waals surface area contributed by atoms with Gasteiger partial charge in [0.25, 0.3) is 0 Å². The summed E-state index contributed by atoms with van der Waals surface area (Å²) >= 11 is 0. The predicted molar refractivity (Wildman–Crippen MR) is 54.5 cm³/mol. The number of aryl methyl sites for hydroxylation is 1. The highest BCUT2D eigenvalue weighted by Crippen LogP contribution is 2.13. The lowest BCUT2D eigenvalue weighted by atomic mass is 10.3. The van der Waals surface area contributed by atoms with Gasteiger partial charge >= 0.3 is 0 Å². The Balaban J connectivity index is 2.62. The molecule has 0 aliphatic rings. The van der Waals surface area contributed by atoms with Gasteiger partial charge in [-0.15, -0.1) is 0 Å². The highest BCUT2D eigenvalue weighted by molar-refractivity contribution is 5.84. The van der Waals surface area contributed by atoms with Gasteiger partial charge in [-0.05, 0) is 19.1 Å². The quantitative estimate of drug-likeness (QED) is 0.737. The van der Waals surface area contributed by atoms with Gasteiger partial charge in [0.15, 0.2) is 0 Å². The molecule has 1 heterocycles. The molecule has 14 heavy (non-hydrogen) atoms. The molecule has 2 aromatic rings. The third-order valence-corrected chi connectivity index (χ3v) is 2.00. The lowest BCUT2D eigenvalue weighted by Crippen LogP contribution is -2.20. The van der Waals surface area contributed by atoms with E-state index in [1.54, 1.807) is 4.68 Å². The van der Waals surface area contributed by atoms with Crippen molar-refractivity contribution in [3.05, 3.63) is 30.1 Å². The number of benzene rings is 1. The maximum Gasteiger partial charge on any atom is 0.235 e. The van der Waals surface area contributed by atoms with Gasteiger partial charge in [-0.3, -0.25) is 10.2 Å². The summed E-state index contributed by atoms with van der Waals surface area (Å²) in [5.41, 5.74) is 4.52. The van der Waals surface area contributed by atoms with E-state index in [0.29, 0.717) is 0 Å². The van der Waals surface area contributed by atoms with Crippen molar-refractivity contribution in [2.75, 3.05) is 5.43 Å². The van der Waals surface area contributed by atoms with Crippen LogP contribution in [0.2, 0.25) is 0 Å². The molecular formula is C10H11N3O. The number of amides is 1. The van der Waals surface area contributed by atoms with Crippen molar-refractivity contribution in [2.45, 2.75) is 13.8 Å². The number of hydrogen-bond acceptors (Lipinski definition) is 2. The summed E-state index contributed by atoms with van der Waals surface area (Å²) in [6.45, 7) is 3.34. The van der Waals surface area contributed by atoms with Crippen LogP contribution in [0.25, 0.3) is 11.0 Å². The number of para-hydroxylation sites is 2. The molecule has 1 aromatic heterocycles. The van der Waals surface area contributed by atoms with Crippen LogP contribution in [0.5, 0.6) is 0 Å². The molecule has 0 saturated carbocycles. The minimum atomic E-state index is -0.101. The fraction of sp³-hybridized carbons (Fsp3) is 0.200. The molecule has 1 N–H and O–H groups in total. The van der Waals surface area contributed by atoms with Crippen LogP contribution in [0.1, 0.15) is 12.7 Å². The van der Waals surface area contributed by atoms with Gasteiger partial charge in [0.1, 0.15) is 5.82 Å². The first-order valence-corrected chi connectivity index (χ1v) is 4.40. The Kier molecular flexibility index (Phi) is 1.96. The van der Waals surface area contributed by atoms with Gasteiger partial charge in [-0.1, -0.05) is 12.1 Å². The van der Waals surface area contributed by atoms with E-state index in [-0.39, 0.29) is 5.91 Å². The number of rotatable bonds is 1. The van der Waals surface area contributed by atoms with E-state index in [1.807, 2.05) is 31.2 Å². The fourth-order valence-corrected chi connectivity index (χ4v) is 1.45. The number of fused-ring (bicyclic) bond motifs is 1. The Morgan fingerprint density at radius 1 is 1.43 bits per heavy atom. The van der Waals surface area contributed by atoms with Crippen LogP contribution < -0.4 is 5.43 Å². The van der Waals surface area contributed by atoms with Crippen molar-refractivity contribution < 1.29 is 4.79 Å². The third-order valence-electron chi connectivity index (χ3n) is 2.00. The lowest BCUT2D eigenvalue weighted by molar-refractivity contribution is -0.115. The predicted octanol–water partition coefficient (Wildman–Crippen LogP) is 1.43. The van der Waals surface area contributed by atoms with Gasteiger partial charge in [-0.25, -0.2) is 9.66 Å². The van der Waals surface area contributed by atoms with Gasteiger partial charge in [-0.2, -0.15) is 0 Å². The fourth-order valence-electron chi connectivity index (χ4n) is 1.45. The number of imidazole rings is 1. The Labute approximate surface area is 81.5 Å². The molecule has 0 aliphatic heterocycles. The Hall–Kier alpha value is -1.84. The van der Waals surface area contributed by atoms with Gasteiger partial charge < -0.3 is 0 Å². The van der Waals surface area contributed by atoms with Crippen LogP contribution in [0, 0.1) is 6.92 Å². The Morgan fingerprint density at radius 3 is 2.86 bits per heavy atom. The molecule has 0 unspecified atom stereocenters. The molecule has 0 saturated heterocycles. The van der Waals surface area contributed by atoms with Crippen molar-refractivity contribution in [1.82, 2.24) is 9.66 Å². The van der Waals surface area contributed by atoms with Crippen molar-refractivity contribution in [3.8, 4) is 0 Å². The second-order valence-corrected chi connectivity index (χ2v) is 3.15. The molecule has 4 heteroatoms. The second kappa shape index (κ2) is 3.14. The second-order valence-electron chi connectivity index (χ2n) is 3.15. The zero-order valence-corrected chi connectivity index (χ0v) is 8.11. The van der Waals surface area contributed by atoms with E-state index in [1.165, 1.54) is 6.92 Å². The lowest BCUT2D eigenvalue weighted by Gasteiger charge is -2.05. The average molecular weight is 189 g/mol. The first-order chi connectivity index (χ1) is 6.68. The summed E-state index contributed by atoms with van der Waals surface area (Å²) in [7, 11) is 0. The smallest absolute Gasteiger partial charge is 0.235 e. The minimum Gasteiger partial charge on any atom is -0.274 e. The maximum atomic E-state index is 10.9. The minimum absolute atomic E-state index is 0.101. The summed E-state index contributed by atoms with van der Waals surface area (Å²) in [4.78, 5) is 15.3. The number of aromatic nitrogens is 2. The van der Waals surface area contributed by atoms with E-state index >= 15 is 0 Å². The zero-order valence-electron chi connectivity index (χ0n) is 8.11. The van der Waals surface area contributed by atoms with Gasteiger partial charge in [0.05, 0.1) is 11.0 Å². The van der Waals surface area contributed by atoms with Crippen LogP contribution in [0.15, 0.2) is 24.3 Å². The summed E-state index contributed by atoms with van der Waals surface area (Å²) < 4.78 is 1.69. The first kappa shape index (κ1) is 8.74. The number of hydrogen-bond donors (Lipinski definition) is 1. The monoisotopic (exact) mass is 189 g/mol. The standard InChI is InChI=1S/C10H11N3O/c1-7-11-9-5-3-4-6-10(9)13(7)12-8(2)14/h3-6H,1-2H3,(H,12,14). The van der Waals surface area contributed by atoms with Crippen molar-refractivity contribution in [3.63, 3.8) is 0 Å². The molecule has 72 valence electrons. The van der Waals surface area contributed by atoms with Crippen molar-refractivity contribution in [1.29, 1.82) is 0 Å². The summed E-state index contributed by atoms with van der Waals surface area (Å²) in [5.74, 6) is 0.678. The highest BCUT2D eigenvalue weighted by Gasteiger charge is 2.06. The molecule has 0 fully saturated rings. The number of nitrogens with one attached hydrogen (secondary N) is 1. The summed E-state index contributed by atoms with van der Waals surface area (Å²) in [6, 6.07) is 7.68. The Morgan fingerprint density at radius 2 is 2.14 bits per heavy atom. The SMILES string of the molecule is CC(=O)Nn1c(C)nc2ccccc21. The average Bonchev–Trinajstić information content (AvgIpc) is 2.43. The van der Waals surface area contributed by atoms with Crippen LogP contribution in [-0.4, -0.2) is 15.6 Å². The largest absolute Gasteiger partial charge is 0.274 e. The molecule has 0 bridgehead atoms. The molecule has 2 rings (SSSR count). The van der Waals surface area contributed by atoms with E-state index < -0.39 is 0 Å². The molecule has 0 spiro atoms. The highest BCUT2D eigenvalue weighted by atomic mass is 16.2. The van der Waals surface area contributed by atoms with Crippen LogP contribution >= 0.6 is 0 Å². The molecule has 4 nitrogen and oxygen atoms in total. The molecule has 1 amide bonds. The van der Waals surface area contributed by atoms with E-state index in [2.05, 4.69) is 10.4 Å². The normalized spacial score (nSPS) is 10.4. The topological polar surface area (TPSA) is 46.9 Å². The summed E-state index contributed by atoms with van der Waals surface area (Å²) in [5, 5.41) is 0. The molecule has 1 aromatic carbocycles. The molecule has 0 atom stereocenters. The summed E-state index contributed by atoms with van der Waals surface area (Å²) in [6.07, 6.45) is 0. The van der Waals surface area contributed by atoms with E-state index in [4.69, 9.17) is 0 Å². The van der Waals surface area contributed by atoms with Crippen molar-refractivity contribution in [2.24, 2.45) is 0 Å². The maximum absolute atomic E-state index is 10.9. The first-order valence-electron chi connectivity index (χ1n) is 4.40. The zero-order chi connectivity index (χ0) is 10.1. The van der Waals surface area contributed by atoms with Crippen molar-refractivity contribution >= 4 is 16.9 Å². The molecular weight excluding hydrogens is 178 g/mol. The van der Waals surface area contributed by atoms with E-state index in [9.17, 15) is 4.79 Å². The third kappa shape index (κ3) is 1.35. The van der Waals surface area contributed by atoms with Gasteiger partial charge in [0, 0.05) is 6.92 Å². The van der Waals surface area contributed by atoms with Gasteiger partial charge in [0.2, 0.25) is 5.91 Å². The van der Waals surface area contributed by atoms with E-state index in [0.717, 1.165) is 16.9 Å². The number of carbonyl (C=O) groups is 1. The number of carbonyl (C=O) groups excluding carboxylic acids is 1. The van der Waals surface area contributed by atoms with Crippen LogP contribution in [-0.2, 0) is 4.79 Å². The molecule has 0 aliphatic carbocycles. The molecule has 0 radical (unpaired) electrons.